The first-order valence-electron chi connectivity index (χ1n) is 18.0. The molecule has 2 bridgehead atoms. The van der Waals surface area contributed by atoms with E-state index in [0.29, 0.717) is 65.2 Å². The largest absolute Gasteiger partial charge is 0.497 e. The summed E-state index contributed by atoms with van der Waals surface area (Å²) in [6.07, 6.45) is 6.20. The summed E-state index contributed by atoms with van der Waals surface area (Å²) in [6.45, 7) is 4.82. The van der Waals surface area contributed by atoms with Gasteiger partial charge in [-0.2, -0.15) is 0 Å². The number of fused-ring (bicyclic) bond motifs is 4. The van der Waals surface area contributed by atoms with Gasteiger partial charge in [0, 0.05) is 62.6 Å². The molecule has 0 saturated carbocycles. The summed E-state index contributed by atoms with van der Waals surface area (Å²) in [4.78, 5) is 31.2. The average molecular weight is 751 g/mol. The van der Waals surface area contributed by atoms with Crippen LogP contribution in [0, 0.1) is 11.8 Å². The number of amides is 1. The molecule has 5 heterocycles. The van der Waals surface area contributed by atoms with E-state index in [1.54, 1.807) is 36.3 Å². The highest BCUT2D eigenvalue weighted by Gasteiger charge is 2.44. The monoisotopic (exact) mass is 750 g/mol. The minimum atomic E-state index is -3.15. The first-order valence-corrected chi connectivity index (χ1v) is 19.9. The fraction of sp³-hybridized carbons (Fsp3) is 0.514. The lowest BCUT2D eigenvalue weighted by Crippen LogP contribution is -2.55. The molecule has 1 unspecified atom stereocenters. The van der Waals surface area contributed by atoms with E-state index in [0.717, 1.165) is 48.8 Å². The molecule has 3 aliphatic heterocycles. The number of hydrogen-bond donors (Lipinski definition) is 2. The molecular formula is C37H50N6O9Si. The lowest BCUT2D eigenvalue weighted by Gasteiger charge is -2.51. The van der Waals surface area contributed by atoms with Crippen molar-refractivity contribution in [2.45, 2.75) is 63.9 Å². The SMILES string of the molecule is CC[C@@H]1CN2CC[C@@H]1C[C@@H]2[C@@H](OC(=O)Nc1cc(OC)c(OCc2cn(CCC[Si](O)(OC)OC)nn2)c(OC)c1)c1ccnc2ccc(OC)cc12. The molecule has 1 amide bonds. The summed E-state index contributed by atoms with van der Waals surface area (Å²) in [6, 6.07) is 11.4. The maximum atomic E-state index is 13.8. The van der Waals surface area contributed by atoms with Crippen molar-refractivity contribution >= 4 is 31.5 Å². The van der Waals surface area contributed by atoms with Crippen molar-refractivity contribution in [3.63, 3.8) is 0 Å². The number of carbonyl (C=O) groups excluding carboxylic acids is 1. The number of carbonyl (C=O) groups is 1. The standard InChI is InChI=1S/C37H50N6O9Si/c1-7-24-21-42-15-12-25(24)17-32(42)35(29-11-13-38-31-10-9-28(46-2)20-30(29)31)52-37(44)39-26-18-33(47-3)36(34(19-26)48-4)51-23-27-22-43(41-40-27)14-8-16-53(45,49-5)50-6/h9-11,13,18-20,22,24-25,32,35,45H,7-8,12,14-17,21,23H2,1-6H3,(H,39,44)/t24-,25-,32-,35+/m1/s1. The summed E-state index contributed by atoms with van der Waals surface area (Å²) in [7, 11) is 4.40. The van der Waals surface area contributed by atoms with Gasteiger partial charge in [-0.3, -0.25) is 19.9 Å². The van der Waals surface area contributed by atoms with Gasteiger partial charge in [0.25, 0.3) is 0 Å². The second kappa shape index (κ2) is 17.1. The molecule has 0 spiro atoms. The van der Waals surface area contributed by atoms with Gasteiger partial charge < -0.3 is 37.3 Å². The Balaban J connectivity index is 1.18. The molecular weight excluding hydrogens is 701 g/mol. The maximum absolute atomic E-state index is 13.8. The zero-order chi connectivity index (χ0) is 37.5. The van der Waals surface area contributed by atoms with E-state index in [4.69, 9.17) is 32.5 Å². The van der Waals surface area contributed by atoms with Crippen molar-refractivity contribution in [3.8, 4) is 23.0 Å². The van der Waals surface area contributed by atoms with Crippen molar-refractivity contribution in [2.75, 3.05) is 54.0 Å². The molecule has 4 aromatic rings. The number of aryl methyl sites for hydroxylation is 1. The van der Waals surface area contributed by atoms with Crippen LogP contribution in [0.15, 0.2) is 48.8 Å². The van der Waals surface area contributed by atoms with Crippen molar-refractivity contribution < 1.29 is 42.1 Å². The van der Waals surface area contributed by atoms with Gasteiger partial charge in [0.15, 0.2) is 11.5 Å². The number of anilines is 1. The topological polar surface area (TPSA) is 161 Å². The van der Waals surface area contributed by atoms with Crippen LogP contribution >= 0.6 is 0 Å². The number of methoxy groups -OCH3 is 3. The van der Waals surface area contributed by atoms with E-state index < -0.39 is 21.0 Å². The highest BCUT2D eigenvalue weighted by molar-refractivity contribution is 6.59. The molecule has 0 radical (unpaired) electrons. The molecule has 5 atom stereocenters. The molecule has 2 aromatic carbocycles. The van der Waals surface area contributed by atoms with Crippen LogP contribution in [0.4, 0.5) is 10.5 Å². The predicted octanol–water partition coefficient (Wildman–Crippen LogP) is 5.46. The zero-order valence-corrected chi connectivity index (χ0v) is 32.2. The predicted molar refractivity (Wildman–Crippen MR) is 198 cm³/mol. The summed E-state index contributed by atoms with van der Waals surface area (Å²) in [5.41, 5.74) is 2.68. The number of piperidine rings is 3. The first kappa shape index (κ1) is 38.2. The van der Waals surface area contributed by atoms with Crippen LogP contribution in [0.5, 0.6) is 23.0 Å². The van der Waals surface area contributed by atoms with Crippen LogP contribution < -0.4 is 24.3 Å². The highest BCUT2D eigenvalue weighted by atomic mass is 28.4. The lowest BCUT2D eigenvalue weighted by molar-refractivity contribution is -0.0583. The van der Waals surface area contributed by atoms with Crippen LogP contribution in [-0.2, 0) is 26.7 Å². The lowest BCUT2D eigenvalue weighted by atomic mass is 9.72. The summed E-state index contributed by atoms with van der Waals surface area (Å²) >= 11 is 0. The van der Waals surface area contributed by atoms with E-state index in [1.807, 2.05) is 24.3 Å². The Morgan fingerprint density at radius 2 is 1.83 bits per heavy atom. The summed E-state index contributed by atoms with van der Waals surface area (Å²) < 4.78 is 41.4. The number of nitrogens with zero attached hydrogens (tertiary/aromatic N) is 5. The third-order valence-electron chi connectivity index (χ3n) is 10.5. The quantitative estimate of drug-likeness (QED) is 0.131. The van der Waals surface area contributed by atoms with Gasteiger partial charge in [-0.15, -0.1) is 5.10 Å². The normalized spacial score (nSPS) is 20.2. The van der Waals surface area contributed by atoms with E-state index in [-0.39, 0.29) is 12.6 Å². The number of rotatable bonds is 17. The molecule has 3 fully saturated rings. The fourth-order valence-corrected chi connectivity index (χ4v) is 8.78. The van der Waals surface area contributed by atoms with Crippen LogP contribution in [0.1, 0.15) is 50.0 Å². The van der Waals surface area contributed by atoms with Crippen LogP contribution in [-0.4, -0.2) is 99.3 Å². The van der Waals surface area contributed by atoms with Crippen molar-refractivity contribution in [2.24, 2.45) is 11.8 Å². The van der Waals surface area contributed by atoms with Gasteiger partial charge in [0.2, 0.25) is 5.75 Å². The van der Waals surface area contributed by atoms with Crippen molar-refractivity contribution in [1.29, 1.82) is 0 Å². The Kier molecular flexibility index (Phi) is 12.3. The highest BCUT2D eigenvalue weighted by Crippen LogP contribution is 2.45. The van der Waals surface area contributed by atoms with Crippen LogP contribution in [0.25, 0.3) is 10.9 Å². The Morgan fingerprint density at radius 3 is 2.49 bits per heavy atom. The molecule has 3 aliphatic rings. The van der Waals surface area contributed by atoms with E-state index in [1.165, 1.54) is 28.4 Å². The third kappa shape index (κ3) is 8.68. The number of aromatic nitrogens is 4. The Hall–Kier alpha value is -4.48. The first-order chi connectivity index (χ1) is 25.7. The molecule has 286 valence electrons. The van der Waals surface area contributed by atoms with Gasteiger partial charge in [0.1, 0.15) is 24.2 Å². The van der Waals surface area contributed by atoms with Gasteiger partial charge in [-0.05, 0) is 61.9 Å². The second-order valence-corrected chi connectivity index (χ2v) is 16.2. The maximum Gasteiger partial charge on any atom is 0.497 e. The number of hydrogen-bond acceptors (Lipinski definition) is 13. The smallest absolute Gasteiger partial charge is 0.497 e. The average Bonchev–Trinajstić information content (AvgIpc) is 3.65. The molecule has 3 saturated heterocycles. The van der Waals surface area contributed by atoms with Crippen molar-refractivity contribution in [3.05, 3.63) is 60.0 Å². The van der Waals surface area contributed by atoms with Gasteiger partial charge in [-0.1, -0.05) is 18.6 Å². The molecule has 16 heteroatoms. The minimum absolute atomic E-state index is 0.0118. The number of ether oxygens (including phenoxy) is 5. The molecule has 15 nitrogen and oxygen atoms in total. The van der Waals surface area contributed by atoms with Crippen molar-refractivity contribution in [1.82, 2.24) is 24.9 Å². The van der Waals surface area contributed by atoms with E-state index in [9.17, 15) is 9.59 Å². The van der Waals surface area contributed by atoms with Gasteiger partial charge in [-0.25, -0.2) is 4.79 Å². The molecule has 53 heavy (non-hydrogen) atoms. The summed E-state index contributed by atoms with van der Waals surface area (Å²) in [5, 5.41) is 12.2. The number of pyridine rings is 1. The van der Waals surface area contributed by atoms with Gasteiger partial charge >= 0.3 is 14.9 Å². The molecule has 2 N–H and O–H groups in total. The number of benzene rings is 2. The van der Waals surface area contributed by atoms with Gasteiger partial charge in [0.05, 0.1) is 44.8 Å². The zero-order valence-electron chi connectivity index (χ0n) is 31.2. The number of nitrogens with one attached hydrogen (secondary N) is 1. The van der Waals surface area contributed by atoms with Crippen LogP contribution in [0.3, 0.4) is 0 Å². The second-order valence-electron chi connectivity index (χ2n) is 13.4. The molecule has 7 rings (SSSR count). The van der Waals surface area contributed by atoms with Crippen LogP contribution in [0.2, 0.25) is 6.04 Å². The molecule has 2 aromatic heterocycles. The Bertz CT molecular complexity index is 1830. The summed E-state index contributed by atoms with van der Waals surface area (Å²) in [5.74, 6) is 2.96. The fourth-order valence-electron chi connectivity index (χ4n) is 7.60. The Labute approximate surface area is 310 Å². The van der Waals surface area contributed by atoms with E-state index in [2.05, 4.69) is 32.4 Å². The molecule has 0 aliphatic carbocycles. The Morgan fingerprint density at radius 1 is 1.06 bits per heavy atom. The minimum Gasteiger partial charge on any atom is -0.497 e. The van der Waals surface area contributed by atoms with E-state index >= 15 is 0 Å². The third-order valence-corrected chi connectivity index (χ3v) is 12.8.